The second-order valence-electron chi connectivity index (χ2n) is 8.65. The van der Waals surface area contributed by atoms with Gasteiger partial charge in [-0.15, -0.1) is 0 Å². The molecule has 0 saturated heterocycles. The fourth-order valence-corrected chi connectivity index (χ4v) is 4.94. The number of hydrogen-bond donors (Lipinski definition) is 0. The van der Waals surface area contributed by atoms with Gasteiger partial charge in [-0.2, -0.15) is 0 Å². The zero-order valence-electron chi connectivity index (χ0n) is 18.6. The van der Waals surface area contributed by atoms with Crippen LogP contribution in [0.1, 0.15) is 5.56 Å². The Labute approximate surface area is 194 Å². The minimum absolute atomic E-state index is 1.24. The van der Waals surface area contributed by atoms with E-state index in [1.54, 1.807) is 0 Å². The van der Waals surface area contributed by atoms with Crippen LogP contribution in [0.15, 0.2) is 127 Å². The molecule has 6 rings (SSSR count). The molecule has 156 valence electrons. The molecule has 0 spiro atoms. The predicted molar refractivity (Wildman–Crippen MR) is 142 cm³/mol. The third kappa shape index (κ3) is 3.41. The van der Waals surface area contributed by atoms with Crippen molar-refractivity contribution in [2.24, 2.45) is 0 Å². The maximum Gasteiger partial charge on any atom is -0.00262 e. The van der Waals surface area contributed by atoms with Gasteiger partial charge in [-0.3, -0.25) is 0 Å². The van der Waals surface area contributed by atoms with Crippen LogP contribution in [0.4, 0.5) is 0 Å². The minimum atomic E-state index is 1.24. The van der Waals surface area contributed by atoms with Crippen LogP contribution in [0.5, 0.6) is 0 Å². The third-order valence-corrected chi connectivity index (χ3v) is 6.53. The second-order valence-corrected chi connectivity index (χ2v) is 8.65. The molecular formula is C33H24. The summed E-state index contributed by atoms with van der Waals surface area (Å²) in [5, 5.41) is 5.15. The number of rotatable bonds is 3. The first-order valence-corrected chi connectivity index (χ1v) is 11.5. The van der Waals surface area contributed by atoms with Gasteiger partial charge in [-0.1, -0.05) is 127 Å². The molecule has 6 aromatic rings. The minimum Gasteiger partial charge on any atom is -0.0622 e. The molecule has 0 nitrogen and oxygen atoms in total. The highest BCUT2D eigenvalue weighted by Crippen LogP contribution is 2.44. The molecule has 0 aliphatic rings. The molecule has 0 saturated carbocycles. The summed E-state index contributed by atoms with van der Waals surface area (Å²) in [6, 6.07) is 46.2. The Hall–Kier alpha value is -4.16. The lowest BCUT2D eigenvalue weighted by molar-refractivity contribution is 1.47. The topological polar surface area (TPSA) is 0 Å². The van der Waals surface area contributed by atoms with Crippen LogP contribution in [-0.4, -0.2) is 0 Å². The number of fused-ring (bicyclic) bond motifs is 2. The Kier molecular flexibility index (Phi) is 4.78. The molecule has 0 heterocycles. The van der Waals surface area contributed by atoms with Crippen molar-refractivity contribution in [3.05, 3.63) is 133 Å². The van der Waals surface area contributed by atoms with Crippen molar-refractivity contribution >= 4 is 21.5 Å². The average Bonchev–Trinajstić information content (AvgIpc) is 2.88. The van der Waals surface area contributed by atoms with Crippen LogP contribution in [0.25, 0.3) is 54.9 Å². The molecule has 0 bridgehead atoms. The monoisotopic (exact) mass is 420 g/mol. The van der Waals surface area contributed by atoms with E-state index in [0.717, 1.165) is 0 Å². The van der Waals surface area contributed by atoms with E-state index in [0.29, 0.717) is 0 Å². The Balaban J connectivity index is 1.77. The van der Waals surface area contributed by atoms with E-state index in [1.807, 2.05) is 0 Å². The van der Waals surface area contributed by atoms with Gasteiger partial charge in [-0.05, 0) is 67.9 Å². The van der Waals surface area contributed by atoms with Gasteiger partial charge in [0.1, 0.15) is 0 Å². The smallest absolute Gasteiger partial charge is 0.00262 e. The molecule has 0 fully saturated rings. The normalized spacial score (nSPS) is 11.2. The summed E-state index contributed by atoms with van der Waals surface area (Å²) < 4.78 is 0. The summed E-state index contributed by atoms with van der Waals surface area (Å²) in [6.07, 6.45) is 0. The van der Waals surface area contributed by atoms with Crippen LogP contribution in [0.2, 0.25) is 0 Å². The Morgan fingerprint density at radius 3 is 1.36 bits per heavy atom. The Bertz CT molecular complexity index is 1580. The van der Waals surface area contributed by atoms with Crippen LogP contribution in [-0.2, 0) is 0 Å². The largest absolute Gasteiger partial charge is 0.0622 e. The summed E-state index contributed by atoms with van der Waals surface area (Å²) in [5.41, 5.74) is 8.87. The van der Waals surface area contributed by atoms with E-state index in [4.69, 9.17) is 0 Å². The molecule has 0 amide bonds. The Morgan fingerprint density at radius 1 is 0.333 bits per heavy atom. The molecule has 33 heavy (non-hydrogen) atoms. The van der Waals surface area contributed by atoms with Gasteiger partial charge in [0.2, 0.25) is 0 Å². The van der Waals surface area contributed by atoms with Gasteiger partial charge >= 0.3 is 0 Å². The zero-order valence-corrected chi connectivity index (χ0v) is 18.6. The quantitative estimate of drug-likeness (QED) is 0.250. The van der Waals surface area contributed by atoms with Crippen LogP contribution in [0.3, 0.4) is 0 Å². The first kappa shape index (κ1) is 19.5. The summed E-state index contributed by atoms with van der Waals surface area (Å²) in [6.45, 7) is 2.13. The van der Waals surface area contributed by atoms with Gasteiger partial charge in [0.25, 0.3) is 0 Å². The third-order valence-electron chi connectivity index (χ3n) is 6.53. The van der Waals surface area contributed by atoms with E-state index in [1.165, 1.54) is 60.5 Å². The lowest BCUT2D eigenvalue weighted by Gasteiger charge is -2.18. The first-order valence-electron chi connectivity index (χ1n) is 11.5. The van der Waals surface area contributed by atoms with Gasteiger partial charge < -0.3 is 0 Å². The van der Waals surface area contributed by atoms with Crippen molar-refractivity contribution in [3.63, 3.8) is 0 Å². The van der Waals surface area contributed by atoms with E-state index in [-0.39, 0.29) is 0 Å². The molecular weight excluding hydrogens is 396 g/mol. The summed E-state index contributed by atoms with van der Waals surface area (Å²) in [5.74, 6) is 0. The lowest BCUT2D eigenvalue weighted by Crippen LogP contribution is -1.91. The second kappa shape index (κ2) is 8.07. The van der Waals surface area contributed by atoms with Crippen molar-refractivity contribution in [2.75, 3.05) is 0 Å². The van der Waals surface area contributed by atoms with E-state index >= 15 is 0 Å². The molecule has 0 N–H and O–H groups in total. The Morgan fingerprint density at radius 2 is 0.788 bits per heavy atom. The van der Waals surface area contributed by atoms with Crippen molar-refractivity contribution in [1.82, 2.24) is 0 Å². The van der Waals surface area contributed by atoms with Gasteiger partial charge in [0, 0.05) is 0 Å². The summed E-state index contributed by atoms with van der Waals surface area (Å²) in [4.78, 5) is 0. The van der Waals surface area contributed by atoms with Gasteiger partial charge in [-0.25, -0.2) is 0 Å². The molecule has 0 heteroatoms. The average molecular weight is 421 g/mol. The first-order chi connectivity index (χ1) is 16.3. The highest BCUT2D eigenvalue weighted by molar-refractivity contribution is 6.21. The SMILES string of the molecule is Cc1ccc(-c2ccc3c(-c4ccccc4)c4ccccc4c(-c4ccccc4)c3c2)cc1. The van der Waals surface area contributed by atoms with Crippen molar-refractivity contribution in [1.29, 1.82) is 0 Å². The number of aryl methyl sites for hydroxylation is 1. The van der Waals surface area contributed by atoms with Crippen molar-refractivity contribution in [2.45, 2.75) is 6.92 Å². The molecule has 0 atom stereocenters. The molecule has 0 aliphatic heterocycles. The van der Waals surface area contributed by atoms with E-state index in [9.17, 15) is 0 Å². The van der Waals surface area contributed by atoms with E-state index < -0.39 is 0 Å². The molecule has 0 unspecified atom stereocenters. The van der Waals surface area contributed by atoms with Crippen LogP contribution < -0.4 is 0 Å². The molecule has 6 aromatic carbocycles. The number of hydrogen-bond acceptors (Lipinski definition) is 0. The number of benzene rings is 6. The van der Waals surface area contributed by atoms with Crippen molar-refractivity contribution in [3.8, 4) is 33.4 Å². The fraction of sp³-hybridized carbons (Fsp3) is 0.0303. The van der Waals surface area contributed by atoms with Crippen LogP contribution >= 0.6 is 0 Å². The fourth-order valence-electron chi connectivity index (χ4n) is 4.94. The highest BCUT2D eigenvalue weighted by Gasteiger charge is 2.17. The summed E-state index contributed by atoms with van der Waals surface area (Å²) in [7, 11) is 0. The summed E-state index contributed by atoms with van der Waals surface area (Å²) >= 11 is 0. The zero-order chi connectivity index (χ0) is 22.2. The highest BCUT2D eigenvalue weighted by atomic mass is 14.2. The standard InChI is InChI=1S/C33H24/c1-23-16-18-24(19-17-23)27-20-21-30-31(22-27)33(26-12-6-3-7-13-26)29-15-9-8-14-28(29)32(30)25-10-4-2-5-11-25/h2-22H,1H3. The van der Waals surface area contributed by atoms with E-state index in [2.05, 4.69) is 134 Å². The van der Waals surface area contributed by atoms with Gasteiger partial charge in [0.15, 0.2) is 0 Å². The van der Waals surface area contributed by atoms with Gasteiger partial charge in [0.05, 0.1) is 0 Å². The molecule has 0 aliphatic carbocycles. The maximum absolute atomic E-state index is 2.38. The maximum atomic E-state index is 2.38. The predicted octanol–water partition coefficient (Wildman–Crippen LogP) is 9.30. The van der Waals surface area contributed by atoms with Crippen molar-refractivity contribution < 1.29 is 0 Å². The molecule has 0 aromatic heterocycles. The lowest BCUT2D eigenvalue weighted by atomic mass is 9.85. The molecule has 0 radical (unpaired) electrons. The van der Waals surface area contributed by atoms with Crippen LogP contribution in [0, 0.1) is 6.92 Å².